The van der Waals surface area contributed by atoms with Crippen molar-refractivity contribution in [3.63, 3.8) is 0 Å². The summed E-state index contributed by atoms with van der Waals surface area (Å²) in [6.07, 6.45) is 0. The van der Waals surface area contributed by atoms with E-state index >= 15 is 0 Å². The average molecular weight is 413 g/mol. The van der Waals surface area contributed by atoms with E-state index in [2.05, 4.69) is 31.2 Å². The predicted octanol–water partition coefficient (Wildman–Crippen LogP) is 6.23. The monoisotopic (exact) mass is 413 g/mol. The number of hydrogen-bond donors (Lipinski definition) is 1. The van der Waals surface area contributed by atoms with Crippen LogP contribution in [0.2, 0.25) is 0 Å². The maximum atomic E-state index is 14.3. The van der Waals surface area contributed by atoms with Gasteiger partial charge in [0.2, 0.25) is 0 Å². The first-order chi connectivity index (χ1) is 14.8. The van der Waals surface area contributed by atoms with Gasteiger partial charge in [0.1, 0.15) is 11.6 Å². The Labute approximate surface area is 181 Å². The first kappa shape index (κ1) is 20.5. The lowest BCUT2D eigenvalue weighted by atomic mass is 9.87. The van der Waals surface area contributed by atoms with Crippen LogP contribution in [-0.2, 0) is 5.41 Å². The lowest BCUT2D eigenvalue weighted by Gasteiger charge is -2.19. The molecule has 0 atom stereocenters. The maximum absolute atomic E-state index is 14.3. The quantitative estimate of drug-likeness (QED) is 0.431. The smallest absolute Gasteiger partial charge is 0.256 e. The first-order valence-electron chi connectivity index (χ1n) is 10.2. The zero-order valence-electron chi connectivity index (χ0n) is 17.8. The molecule has 0 aliphatic carbocycles. The fraction of sp³-hybridized carbons (Fsp3) is 0.154. The number of hydrogen-bond acceptors (Lipinski definition) is 2. The fourth-order valence-electron chi connectivity index (χ4n) is 3.35. The highest BCUT2D eigenvalue weighted by molar-refractivity contribution is 6.04. The van der Waals surface area contributed by atoms with Crippen molar-refractivity contribution in [2.75, 3.05) is 5.32 Å². The molecule has 0 bridgehead atoms. The number of anilines is 1. The summed E-state index contributed by atoms with van der Waals surface area (Å²) in [4.78, 5) is 12.9. The molecular weight excluding hydrogens is 389 g/mol. The van der Waals surface area contributed by atoms with Gasteiger partial charge in [0.05, 0.1) is 11.4 Å². The second-order valence-corrected chi connectivity index (χ2v) is 8.42. The van der Waals surface area contributed by atoms with E-state index in [4.69, 9.17) is 0 Å². The molecule has 1 N–H and O–H groups in total. The van der Waals surface area contributed by atoms with E-state index in [1.165, 1.54) is 6.07 Å². The highest BCUT2D eigenvalue weighted by Crippen LogP contribution is 2.27. The Morgan fingerprint density at radius 2 is 1.55 bits per heavy atom. The molecule has 5 heteroatoms. The molecule has 0 saturated heterocycles. The molecule has 0 fully saturated rings. The molecule has 0 radical (unpaired) electrons. The van der Waals surface area contributed by atoms with Gasteiger partial charge in [0.15, 0.2) is 0 Å². The van der Waals surface area contributed by atoms with Crippen molar-refractivity contribution >= 4 is 11.7 Å². The number of benzene rings is 3. The Bertz CT molecular complexity index is 1210. The van der Waals surface area contributed by atoms with Gasteiger partial charge in [-0.2, -0.15) is 5.10 Å². The summed E-state index contributed by atoms with van der Waals surface area (Å²) in [6.45, 7) is 6.39. The summed E-state index contributed by atoms with van der Waals surface area (Å²) in [5, 5.41) is 7.50. The summed E-state index contributed by atoms with van der Waals surface area (Å²) in [6, 6.07) is 25.1. The van der Waals surface area contributed by atoms with E-state index in [1.54, 1.807) is 28.9 Å². The molecule has 0 saturated carbocycles. The second-order valence-electron chi connectivity index (χ2n) is 8.42. The Balaban J connectivity index is 1.70. The van der Waals surface area contributed by atoms with Gasteiger partial charge in [0.25, 0.3) is 5.91 Å². The van der Waals surface area contributed by atoms with Gasteiger partial charge in [-0.15, -0.1) is 0 Å². The van der Waals surface area contributed by atoms with Crippen molar-refractivity contribution < 1.29 is 9.18 Å². The van der Waals surface area contributed by atoms with Crippen LogP contribution in [0, 0.1) is 5.82 Å². The highest BCUT2D eigenvalue weighted by Gasteiger charge is 2.18. The third kappa shape index (κ3) is 4.40. The molecule has 0 spiro atoms. The number of carbonyl (C=O) groups excluding carboxylic acids is 1. The Morgan fingerprint density at radius 1 is 0.903 bits per heavy atom. The van der Waals surface area contributed by atoms with E-state index in [0.717, 1.165) is 11.3 Å². The molecule has 1 aromatic heterocycles. The van der Waals surface area contributed by atoms with E-state index in [0.29, 0.717) is 22.6 Å². The topological polar surface area (TPSA) is 46.9 Å². The number of amides is 1. The van der Waals surface area contributed by atoms with Gasteiger partial charge in [-0.1, -0.05) is 63.2 Å². The third-order valence-electron chi connectivity index (χ3n) is 5.11. The molecule has 1 amide bonds. The van der Waals surface area contributed by atoms with Crippen LogP contribution in [0.5, 0.6) is 0 Å². The van der Waals surface area contributed by atoms with Crippen molar-refractivity contribution in [1.29, 1.82) is 0 Å². The number of rotatable bonds is 4. The summed E-state index contributed by atoms with van der Waals surface area (Å²) in [5.41, 5.74) is 3.29. The summed E-state index contributed by atoms with van der Waals surface area (Å²) in [5.74, 6) is -0.150. The minimum absolute atomic E-state index is 0.00952. The van der Waals surface area contributed by atoms with Gasteiger partial charge >= 0.3 is 0 Å². The molecule has 4 aromatic rings. The van der Waals surface area contributed by atoms with Crippen molar-refractivity contribution in [2.24, 2.45) is 0 Å². The number of nitrogens with zero attached hydrogens (tertiary/aromatic N) is 2. The Kier molecular flexibility index (Phi) is 5.42. The highest BCUT2D eigenvalue weighted by atomic mass is 19.1. The van der Waals surface area contributed by atoms with Gasteiger partial charge in [-0.25, -0.2) is 9.07 Å². The Morgan fingerprint density at radius 3 is 2.19 bits per heavy atom. The van der Waals surface area contributed by atoms with Gasteiger partial charge in [-0.3, -0.25) is 4.79 Å². The van der Waals surface area contributed by atoms with Crippen LogP contribution in [-0.4, -0.2) is 15.7 Å². The number of para-hydroxylation sites is 1. The van der Waals surface area contributed by atoms with E-state index < -0.39 is 0 Å². The second kappa shape index (κ2) is 8.19. The minimum atomic E-state index is -0.365. The number of halogens is 1. The molecule has 31 heavy (non-hydrogen) atoms. The van der Waals surface area contributed by atoms with E-state index in [9.17, 15) is 9.18 Å². The molecule has 1 heterocycles. The lowest BCUT2D eigenvalue weighted by Crippen LogP contribution is -2.16. The molecule has 0 aliphatic rings. The van der Waals surface area contributed by atoms with Crippen LogP contribution >= 0.6 is 0 Å². The van der Waals surface area contributed by atoms with Crippen LogP contribution < -0.4 is 5.32 Å². The summed E-state index contributed by atoms with van der Waals surface area (Å²) >= 11 is 0. The summed E-state index contributed by atoms with van der Waals surface area (Å²) in [7, 11) is 0. The zero-order valence-corrected chi connectivity index (χ0v) is 17.8. The first-order valence-corrected chi connectivity index (χ1v) is 10.2. The molecule has 0 aliphatic heterocycles. The zero-order chi connectivity index (χ0) is 22.0. The third-order valence-corrected chi connectivity index (χ3v) is 5.11. The Hall–Kier alpha value is -3.73. The standard InChI is InChI=1S/C26H24FN3O/c1-26(2,3)19-15-13-18(14-16-19)25(31)28-24-17-23(21-11-7-8-12-22(21)27)29-30(24)20-9-5-4-6-10-20/h4-17H,1-3H3,(H,28,31). The van der Waals surface area contributed by atoms with Gasteiger partial charge < -0.3 is 5.32 Å². The maximum Gasteiger partial charge on any atom is 0.256 e. The fourth-order valence-corrected chi connectivity index (χ4v) is 3.35. The molecule has 156 valence electrons. The van der Waals surface area contributed by atoms with Crippen molar-refractivity contribution in [2.45, 2.75) is 26.2 Å². The number of aromatic nitrogens is 2. The minimum Gasteiger partial charge on any atom is -0.306 e. The van der Waals surface area contributed by atoms with Crippen LogP contribution in [0.15, 0.2) is 84.9 Å². The lowest BCUT2D eigenvalue weighted by molar-refractivity contribution is 0.102. The van der Waals surface area contributed by atoms with Gasteiger partial charge in [0, 0.05) is 17.2 Å². The van der Waals surface area contributed by atoms with E-state index in [-0.39, 0.29) is 17.1 Å². The average Bonchev–Trinajstić information content (AvgIpc) is 3.17. The molecular formula is C26H24FN3O. The summed E-state index contributed by atoms with van der Waals surface area (Å²) < 4.78 is 16.0. The van der Waals surface area contributed by atoms with Crippen LogP contribution in [0.1, 0.15) is 36.7 Å². The molecule has 0 unspecified atom stereocenters. The molecule has 4 rings (SSSR count). The van der Waals surface area contributed by atoms with Crippen LogP contribution in [0.4, 0.5) is 10.2 Å². The molecule has 4 nitrogen and oxygen atoms in total. The van der Waals surface area contributed by atoms with Crippen LogP contribution in [0.25, 0.3) is 16.9 Å². The number of nitrogens with one attached hydrogen (secondary N) is 1. The number of carbonyl (C=O) groups is 1. The SMILES string of the molecule is CC(C)(C)c1ccc(C(=O)Nc2cc(-c3ccccc3F)nn2-c2ccccc2)cc1. The van der Waals surface area contributed by atoms with Gasteiger partial charge in [-0.05, 0) is 47.4 Å². The van der Waals surface area contributed by atoms with Crippen molar-refractivity contribution in [3.05, 3.63) is 102 Å². The normalized spacial score (nSPS) is 11.4. The van der Waals surface area contributed by atoms with Crippen molar-refractivity contribution in [3.8, 4) is 16.9 Å². The van der Waals surface area contributed by atoms with Crippen LogP contribution in [0.3, 0.4) is 0 Å². The van der Waals surface area contributed by atoms with Crippen molar-refractivity contribution in [1.82, 2.24) is 9.78 Å². The predicted molar refractivity (Wildman–Crippen MR) is 122 cm³/mol. The van der Waals surface area contributed by atoms with E-state index in [1.807, 2.05) is 54.6 Å². The molecule has 3 aromatic carbocycles. The largest absolute Gasteiger partial charge is 0.306 e.